The lowest BCUT2D eigenvalue weighted by molar-refractivity contribution is 0.0697. The van der Waals surface area contributed by atoms with E-state index in [1.54, 1.807) is 30.3 Å². The Balaban J connectivity index is 1.42. The fraction of sp³-hybridized carbons (Fsp3) is 0.133. The lowest BCUT2D eigenvalue weighted by Crippen LogP contribution is -2.00. The minimum atomic E-state index is -1.06. The van der Waals surface area contributed by atoms with E-state index in [1.165, 1.54) is 0 Å². The van der Waals surface area contributed by atoms with Crippen LogP contribution in [-0.2, 0) is 13.0 Å². The maximum Gasteiger partial charge on any atom is 0.337 e. The number of aryl methyl sites for hydroxylation is 1. The Kier molecular flexibility index (Phi) is 7.61. The SMILES string of the molecule is CCCc1onc(-c2c(Cl)cccc2Cl)c1COc1ccc2cc(-c3ccc(Cl)c(C(=O)O)c3)ccc2c1. The second kappa shape index (κ2) is 11.1. The Morgan fingerprint density at radius 1 is 0.895 bits per heavy atom. The molecule has 1 N–H and O–H groups in total. The monoisotopic (exact) mass is 565 g/mol. The second-order valence-electron chi connectivity index (χ2n) is 8.79. The van der Waals surface area contributed by atoms with Gasteiger partial charge in [-0.3, -0.25) is 0 Å². The Hall–Kier alpha value is -3.51. The highest BCUT2D eigenvalue weighted by atomic mass is 35.5. The molecular formula is C30H22Cl3NO4. The molecule has 1 aromatic heterocycles. The van der Waals surface area contributed by atoms with Gasteiger partial charge in [-0.1, -0.05) is 77.2 Å². The van der Waals surface area contributed by atoms with Crippen LogP contribution in [-0.4, -0.2) is 16.2 Å². The van der Waals surface area contributed by atoms with Gasteiger partial charge in [0.2, 0.25) is 0 Å². The number of benzene rings is 4. The normalized spacial score (nSPS) is 11.2. The average molecular weight is 567 g/mol. The van der Waals surface area contributed by atoms with Gasteiger partial charge in [0.25, 0.3) is 0 Å². The summed E-state index contributed by atoms with van der Waals surface area (Å²) in [6.07, 6.45) is 1.60. The lowest BCUT2D eigenvalue weighted by Gasteiger charge is -2.11. The van der Waals surface area contributed by atoms with Crippen molar-refractivity contribution in [2.75, 3.05) is 0 Å². The van der Waals surface area contributed by atoms with Gasteiger partial charge in [0.15, 0.2) is 0 Å². The van der Waals surface area contributed by atoms with Gasteiger partial charge in [-0.2, -0.15) is 0 Å². The quantitative estimate of drug-likeness (QED) is 0.203. The number of nitrogens with zero attached hydrogens (tertiary/aromatic N) is 1. The molecule has 1 heterocycles. The summed E-state index contributed by atoms with van der Waals surface area (Å²) in [7, 11) is 0. The molecule has 0 aliphatic carbocycles. The average Bonchev–Trinajstić information content (AvgIpc) is 3.29. The van der Waals surface area contributed by atoms with Gasteiger partial charge >= 0.3 is 5.97 Å². The summed E-state index contributed by atoms with van der Waals surface area (Å²) in [6, 6.07) is 22.1. The second-order valence-corrected chi connectivity index (χ2v) is 10.0. The van der Waals surface area contributed by atoms with Gasteiger partial charge in [-0.25, -0.2) is 4.79 Å². The predicted molar refractivity (Wildman–Crippen MR) is 152 cm³/mol. The van der Waals surface area contributed by atoms with Crippen molar-refractivity contribution in [3.8, 4) is 28.1 Å². The third-order valence-electron chi connectivity index (χ3n) is 6.27. The van der Waals surface area contributed by atoms with Gasteiger partial charge in [-0.15, -0.1) is 0 Å². The van der Waals surface area contributed by atoms with Crippen LogP contribution in [0.25, 0.3) is 33.2 Å². The maximum atomic E-state index is 11.5. The van der Waals surface area contributed by atoms with E-state index in [-0.39, 0.29) is 17.2 Å². The van der Waals surface area contributed by atoms with Gasteiger partial charge in [0, 0.05) is 12.0 Å². The number of halogens is 3. The van der Waals surface area contributed by atoms with Crippen molar-refractivity contribution in [1.29, 1.82) is 0 Å². The first kappa shape index (κ1) is 26.1. The maximum absolute atomic E-state index is 11.5. The molecule has 0 saturated heterocycles. The van der Waals surface area contributed by atoms with E-state index in [4.69, 9.17) is 44.1 Å². The zero-order valence-electron chi connectivity index (χ0n) is 20.3. The molecule has 0 aliphatic heterocycles. The minimum absolute atomic E-state index is 0.0710. The standard InChI is InChI=1S/C30H22Cl3NO4/c1-2-4-27-23(29(34-38-27)28-25(32)5-3-6-26(28)33)16-37-21-11-9-18-13-17(7-8-19(18)14-21)20-10-12-24(31)22(15-20)30(35)36/h3,5-15H,2,4,16H2,1H3,(H,35,36). The molecule has 0 radical (unpaired) electrons. The van der Waals surface area contributed by atoms with Crippen LogP contribution < -0.4 is 4.74 Å². The fourth-order valence-corrected chi connectivity index (χ4v) is 5.13. The zero-order chi connectivity index (χ0) is 26.8. The first-order chi connectivity index (χ1) is 18.4. The third-order valence-corrected chi connectivity index (χ3v) is 7.23. The molecular weight excluding hydrogens is 545 g/mol. The Morgan fingerprint density at radius 2 is 1.58 bits per heavy atom. The van der Waals surface area contributed by atoms with Gasteiger partial charge in [0.1, 0.15) is 23.8 Å². The number of hydrogen-bond acceptors (Lipinski definition) is 4. The summed E-state index contributed by atoms with van der Waals surface area (Å²) >= 11 is 18.9. The minimum Gasteiger partial charge on any atom is -0.489 e. The van der Waals surface area contributed by atoms with E-state index in [2.05, 4.69) is 12.1 Å². The summed E-state index contributed by atoms with van der Waals surface area (Å²) in [5.41, 5.74) is 3.75. The topological polar surface area (TPSA) is 72.6 Å². The highest BCUT2D eigenvalue weighted by molar-refractivity contribution is 6.39. The molecule has 0 spiro atoms. The van der Waals surface area contributed by atoms with E-state index in [1.807, 2.05) is 42.5 Å². The van der Waals surface area contributed by atoms with Crippen LogP contribution >= 0.6 is 34.8 Å². The molecule has 192 valence electrons. The van der Waals surface area contributed by atoms with E-state index >= 15 is 0 Å². The van der Waals surface area contributed by atoms with Gasteiger partial charge < -0.3 is 14.4 Å². The molecule has 8 heteroatoms. The summed E-state index contributed by atoms with van der Waals surface area (Å²) in [6.45, 7) is 2.31. The highest BCUT2D eigenvalue weighted by Gasteiger charge is 2.22. The number of aromatic carboxylic acids is 1. The zero-order valence-corrected chi connectivity index (χ0v) is 22.6. The van der Waals surface area contributed by atoms with Crippen LogP contribution in [0.2, 0.25) is 15.1 Å². The van der Waals surface area contributed by atoms with E-state index < -0.39 is 5.97 Å². The van der Waals surface area contributed by atoms with Crippen molar-refractivity contribution in [1.82, 2.24) is 5.16 Å². The molecule has 5 rings (SSSR count). The summed E-state index contributed by atoms with van der Waals surface area (Å²) in [5, 5.41) is 16.8. The van der Waals surface area contributed by atoms with Crippen molar-refractivity contribution in [2.24, 2.45) is 0 Å². The summed E-state index contributed by atoms with van der Waals surface area (Å²) < 4.78 is 11.8. The number of aromatic nitrogens is 1. The van der Waals surface area contributed by atoms with Crippen LogP contribution in [0.5, 0.6) is 5.75 Å². The van der Waals surface area contributed by atoms with E-state index in [0.717, 1.165) is 39.6 Å². The Labute approximate surface area is 234 Å². The number of ether oxygens (including phenoxy) is 1. The highest BCUT2D eigenvalue weighted by Crippen LogP contribution is 2.38. The Bertz CT molecular complexity index is 1640. The molecule has 0 aliphatic rings. The smallest absolute Gasteiger partial charge is 0.337 e. The largest absolute Gasteiger partial charge is 0.489 e. The molecule has 38 heavy (non-hydrogen) atoms. The Morgan fingerprint density at radius 3 is 2.32 bits per heavy atom. The number of fused-ring (bicyclic) bond motifs is 1. The molecule has 5 nitrogen and oxygen atoms in total. The van der Waals surface area contributed by atoms with E-state index in [0.29, 0.717) is 33.5 Å². The van der Waals surface area contributed by atoms with Crippen molar-refractivity contribution >= 4 is 51.5 Å². The summed E-state index contributed by atoms with van der Waals surface area (Å²) in [4.78, 5) is 11.5. The van der Waals surface area contributed by atoms with Crippen LogP contribution in [0.3, 0.4) is 0 Å². The van der Waals surface area contributed by atoms with Crippen molar-refractivity contribution < 1.29 is 19.2 Å². The van der Waals surface area contributed by atoms with Crippen LogP contribution in [0.4, 0.5) is 0 Å². The van der Waals surface area contributed by atoms with Crippen molar-refractivity contribution in [2.45, 2.75) is 26.4 Å². The van der Waals surface area contributed by atoms with Crippen LogP contribution in [0.15, 0.2) is 77.3 Å². The van der Waals surface area contributed by atoms with Gasteiger partial charge in [0.05, 0.1) is 26.2 Å². The number of hydrogen-bond donors (Lipinski definition) is 1. The van der Waals surface area contributed by atoms with Crippen molar-refractivity contribution in [3.63, 3.8) is 0 Å². The molecule has 4 aromatic carbocycles. The summed E-state index contributed by atoms with van der Waals surface area (Å²) in [5.74, 6) is 0.367. The number of rotatable bonds is 8. The molecule has 5 aromatic rings. The third kappa shape index (κ3) is 5.23. The fourth-order valence-electron chi connectivity index (χ4n) is 4.35. The molecule has 0 atom stereocenters. The van der Waals surface area contributed by atoms with Crippen LogP contribution in [0, 0.1) is 0 Å². The van der Waals surface area contributed by atoms with Gasteiger partial charge in [-0.05, 0) is 70.8 Å². The number of carboxylic acid groups (broad SMARTS) is 1. The number of carboxylic acids is 1. The molecule has 0 saturated carbocycles. The molecule has 0 fully saturated rings. The molecule has 0 bridgehead atoms. The first-order valence-corrected chi connectivity index (χ1v) is 13.1. The van der Waals surface area contributed by atoms with Crippen LogP contribution in [0.1, 0.15) is 35.0 Å². The lowest BCUT2D eigenvalue weighted by atomic mass is 9.99. The molecule has 0 amide bonds. The van der Waals surface area contributed by atoms with E-state index in [9.17, 15) is 9.90 Å². The predicted octanol–water partition coefficient (Wildman–Crippen LogP) is 9.35. The number of carbonyl (C=O) groups is 1. The van der Waals surface area contributed by atoms with Crippen molar-refractivity contribution in [3.05, 3.63) is 105 Å². The first-order valence-electron chi connectivity index (χ1n) is 12.0. The molecule has 0 unspecified atom stereocenters.